The zero-order valence-corrected chi connectivity index (χ0v) is 22.4. The first kappa shape index (κ1) is 26.7. The van der Waals surface area contributed by atoms with Gasteiger partial charge in [-0.15, -0.1) is 0 Å². The molecular weight excluding hydrogens is 548 g/mol. The van der Waals surface area contributed by atoms with Crippen LogP contribution in [0.3, 0.4) is 0 Å². The van der Waals surface area contributed by atoms with Crippen LogP contribution in [0.5, 0.6) is 0 Å². The van der Waals surface area contributed by atoms with Gasteiger partial charge in [0.2, 0.25) is 11.0 Å². The monoisotopic (exact) mass is 570 g/mol. The van der Waals surface area contributed by atoms with E-state index in [1.165, 1.54) is 36.4 Å². The topological polar surface area (TPSA) is 196 Å². The minimum absolute atomic E-state index is 0.0310. The van der Waals surface area contributed by atoms with Crippen molar-refractivity contribution < 1.29 is 24.2 Å². The van der Waals surface area contributed by atoms with Crippen molar-refractivity contribution in [3.63, 3.8) is 0 Å². The summed E-state index contributed by atoms with van der Waals surface area (Å²) in [6, 6.07) is 9.06. The lowest BCUT2D eigenvalue weighted by molar-refractivity contribution is -0.389. The molecule has 0 N–H and O–H groups in total. The van der Waals surface area contributed by atoms with Crippen LogP contribution in [0.25, 0.3) is 22.1 Å². The van der Waals surface area contributed by atoms with Gasteiger partial charge in [0.25, 0.3) is 11.8 Å². The molecular formula is C27H22N8O7. The fourth-order valence-electron chi connectivity index (χ4n) is 6.01. The normalized spacial score (nSPS) is 21.9. The number of hydrogen-bond acceptors (Lipinski definition) is 11. The number of amides is 2. The zero-order valence-electron chi connectivity index (χ0n) is 22.4. The Morgan fingerprint density at radius 3 is 1.45 bits per heavy atom. The second kappa shape index (κ2) is 9.29. The second-order valence-corrected chi connectivity index (χ2v) is 11.2. The first-order chi connectivity index (χ1) is 19.9. The number of hydrogen-bond donors (Lipinski definition) is 0. The summed E-state index contributed by atoms with van der Waals surface area (Å²) in [7, 11) is 0. The van der Waals surface area contributed by atoms with Gasteiger partial charge in [0.15, 0.2) is 5.78 Å². The number of carbonyl (C=O) groups excluding carboxylic acids is 3. The van der Waals surface area contributed by atoms with E-state index < -0.39 is 32.3 Å². The molecule has 2 bridgehead atoms. The third kappa shape index (κ3) is 4.34. The Kier molecular flexibility index (Phi) is 5.91. The van der Waals surface area contributed by atoms with E-state index in [4.69, 9.17) is 0 Å². The third-order valence-corrected chi connectivity index (χ3v) is 7.76. The molecule has 0 atom stereocenters. The van der Waals surface area contributed by atoms with Gasteiger partial charge >= 0.3 is 11.6 Å². The van der Waals surface area contributed by atoms with Crippen LogP contribution in [0.2, 0.25) is 0 Å². The number of benzene rings is 2. The molecule has 2 aliphatic rings. The van der Waals surface area contributed by atoms with Gasteiger partial charge in [-0.2, -0.15) is 0 Å². The van der Waals surface area contributed by atoms with Crippen LogP contribution >= 0.6 is 0 Å². The van der Waals surface area contributed by atoms with Gasteiger partial charge in [0.05, 0.1) is 10.8 Å². The smallest absolute Gasteiger partial charge is 0.358 e. The van der Waals surface area contributed by atoms with E-state index in [0.717, 1.165) is 12.4 Å². The van der Waals surface area contributed by atoms with Crippen molar-refractivity contribution in [3.05, 3.63) is 80.1 Å². The summed E-state index contributed by atoms with van der Waals surface area (Å²) in [4.78, 5) is 80.7. The molecule has 2 fully saturated rings. The number of piperidine rings is 2. The van der Waals surface area contributed by atoms with E-state index in [1.807, 2.05) is 0 Å². The van der Waals surface area contributed by atoms with Gasteiger partial charge in [0, 0.05) is 37.3 Å². The number of rotatable bonds is 4. The van der Waals surface area contributed by atoms with Gasteiger partial charge in [-0.05, 0) is 70.1 Å². The molecule has 0 radical (unpaired) electrons. The average Bonchev–Trinajstić information content (AvgIpc) is 2.96. The zero-order chi connectivity index (χ0) is 30.0. The summed E-state index contributed by atoms with van der Waals surface area (Å²) in [6.45, 7) is 3.81. The Morgan fingerprint density at radius 2 is 1.10 bits per heavy atom. The summed E-state index contributed by atoms with van der Waals surface area (Å²) in [5.74, 6) is -1.49. The fraction of sp³-hybridized carbons (Fsp3) is 0.296. The van der Waals surface area contributed by atoms with Crippen molar-refractivity contribution in [1.29, 1.82) is 0 Å². The van der Waals surface area contributed by atoms with Gasteiger partial charge in [-0.25, -0.2) is 9.97 Å². The first-order valence-electron chi connectivity index (χ1n) is 12.8. The molecule has 6 rings (SSSR count). The van der Waals surface area contributed by atoms with E-state index in [9.17, 15) is 34.6 Å². The van der Waals surface area contributed by atoms with E-state index in [2.05, 4.69) is 19.9 Å². The lowest BCUT2D eigenvalue weighted by atomic mass is 9.64. The number of Topliss-reactive ketones (excluding diaryl/α,β-unsaturated/α-hetero) is 1. The number of carbonyl (C=O) groups is 3. The van der Waals surface area contributed by atoms with Crippen LogP contribution in [0.15, 0.2) is 48.8 Å². The molecule has 2 amide bonds. The Morgan fingerprint density at radius 1 is 0.714 bits per heavy atom. The number of nitro groups is 2. The highest BCUT2D eigenvalue weighted by Crippen LogP contribution is 2.43. The largest absolute Gasteiger partial charge is 0.382 e. The average molecular weight is 571 g/mol. The Balaban J connectivity index is 1.24. The van der Waals surface area contributed by atoms with E-state index in [1.54, 1.807) is 23.6 Å². The summed E-state index contributed by atoms with van der Waals surface area (Å²) in [5, 5.41) is 22.0. The van der Waals surface area contributed by atoms with Crippen LogP contribution < -0.4 is 0 Å². The standard InChI is InChI=1S/C27H22N8O7/c1-26-11-32(23(36)15-3-5-17-19(7-15)28-9-21(30-17)34(39)40)13-27(2,25(26)38)14-33(12-26)24(37)16-4-6-18-20(8-16)29-10-22(31-18)35(41)42/h3-10H,11-14H2,1-2H3. The third-order valence-electron chi connectivity index (χ3n) is 7.76. The van der Waals surface area contributed by atoms with Crippen molar-refractivity contribution in [2.24, 2.45) is 10.8 Å². The molecule has 2 saturated heterocycles. The van der Waals surface area contributed by atoms with E-state index in [0.29, 0.717) is 22.2 Å². The highest BCUT2D eigenvalue weighted by molar-refractivity contribution is 6.02. The Hall–Kier alpha value is -5.47. The predicted octanol–water partition coefficient (Wildman–Crippen LogP) is 2.58. The maximum atomic E-state index is 13.6. The molecule has 42 heavy (non-hydrogen) atoms. The molecule has 2 aliphatic heterocycles. The maximum Gasteiger partial charge on any atom is 0.382 e. The quantitative estimate of drug-likeness (QED) is 0.258. The number of ketones is 1. The van der Waals surface area contributed by atoms with Crippen molar-refractivity contribution in [3.8, 4) is 0 Å². The van der Waals surface area contributed by atoms with Crippen LogP contribution in [0.4, 0.5) is 11.6 Å². The highest BCUT2D eigenvalue weighted by atomic mass is 16.6. The summed E-state index contributed by atoms with van der Waals surface area (Å²) in [6.07, 6.45) is 2.06. The lowest BCUT2D eigenvalue weighted by Gasteiger charge is -2.55. The van der Waals surface area contributed by atoms with Crippen LogP contribution in [-0.2, 0) is 4.79 Å². The Bertz CT molecular complexity index is 1730. The van der Waals surface area contributed by atoms with Crippen molar-refractivity contribution in [1.82, 2.24) is 29.7 Å². The predicted molar refractivity (Wildman–Crippen MR) is 145 cm³/mol. The van der Waals surface area contributed by atoms with Crippen molar-refractivity contribution >= 4 is 51.3 Å². The van der Waals surface area contributed by atoms with Gasteiger partial charge in [-0.3, -0.25) is 14.4 Å². The second-order valence-electron chi connectivity index (χ2n) is 11.2. The van der Waals surface area contributed by atoms with Crippen molar-refractivity contribution in [2.75, 3.05) is 26.2 Å². The first-order valence-corrected chi connectivity index (χ1v) is 12.8. The minimum Gasteiger partial charge on any atom is -0.358 e. The molecule has 4 aromatic rings. The number of aromatic nitrogens is 4. The van der Waals surface area contributed by atoms with E-state index >= 15 is 0 Å². The molecule has 0 saturated carbocycles. The number of likely N-dealkylation sites (tertiary alicyclic amines) is 2. The molecule has 212 valence electrons. The molecule has 2 aromatic carbocycles. The van der Waals surface area contributed by atoms with Crippen LogP contribution in [-0.4, -0.2) is 83.4 Å². The SMILES string of the molecule is CC12CN(C(=O)c3ccc4nc([N+](=O)[O-])cnc4c3)CC(C)(CN(C(=O)c3ccc4nc([N+](=O)[O-])cnc4c3)C1)C2=O. The van der Waals surface area contributed by atoms with Crippen molar-refractivity contribution in [2.45, 2.75) is 13.8 Å². The Labute approximate surface area is 236 Å². The highest BCUT2D eigenvalue weighted by Gasteiger charge is 2.57. The lowest BCUT2D eigenvalue weighted by Crippen LogP contribution is -2.69. The van der Waals surface area contributed by atoms with Gasteiger partial charge < -0.3 is 30.0 Å². The molecule has 0 unspecified atom stereocenters. The van der Waals surface area contributed by atoms with Gasteiger partial charge in [0.1, 0.15) is 23.4 Å². The number of fused-ring (bicyclic) bond motifs is 4. The fourth-order valence-corrected chi connectivity index (χ4v) is 6.01. The molecule has 15 heteroatoms. The van der Waals surface area contributed by atoms with Crippen LogP contribution in [0, 0.1) is 31.1 Å². The molecule has 4 heterocycles. The van der Waals surface area contributed by atoms with Gasteiger partial charge in [-0.1, -0.05) is 0 Å². The summed E-state index contributed by atoms with van der Waals surface area (Å²) >= 11 is 0. The molecule has 0 spiro atoms. The molecule has 15 nitrogen and oxygen atoms in total. The molecule has 2 aromatic heterocycles. The summed E-state index contributed by atoms with van der Waals surface area (Å²) in [5.41, 5.74) is -0.274. The maximum absolute atomic E-state index is 13.6. The van der Waals surface area contributed by atoms with E-state index in [-0.39, 0.29) is 54.8 Å². The van der Waals surface area contributed by atoms with Crippen LogP contribution in [0.1, 0.15) is 34.6 Å². The summed E-state index contributed by atoms with van der Waals surface area (Å²) < 4.78 is 0. The minimum atomic E-state index is -1.04. The molecule has 0 aliphatic carbocycles. The number of nitrogens with zero attached hydrogens (tertiary/aromatic N) is 8.